The smallest absolute Gasteiger partial charge is 0.249 e. The first-order valence-electron chi connectivity index (χ1n) is 9.66. The Hall–Kier alpha value is -3.31. The Balaban J connectivity index is 1.94. The van der Waals surface area contributed by atoms with Gasteiger partial charge in [-0.3, -0.25) is 4.79 Å². The van der Waals surface area contributed by atoms with Crippen molar-refractivity contribution in [1.29, 1.82) is 0 Å². The van der Waals surface area contributed by atoms with Crippen molar-refractivity contribution in [2.45, 2.75) is 20.1 Å². The molecule has 0 spiro atoms. The van der Waals surface area contributed by atoms with Crippen molar-refractivity contribution < 1.29 is 14.3 Å². The van der Waals surface area contributed by atoms with Gasteiger partial charge < -0.3 is 19.8 Å². The Morgan fingerprint density at radius 1 is 1.00 bits per heavy atom. The van der Waals surface area contributed by atoms with Crippen LogP contribution in [0.4, 0.5) is 0 Å². The van der Waals surface area contributed by atoms with Gasteiger partial charge in [-0.2, -0.15) is 0 Å². The maximum Gasteiger partial charge on any atom is 0.249 e. The molecule has 5 heteroatoms. The summed E-state index contributed by atoms with van der Waals surface area (Å²) in [4.78, 5) is 12.1. The molecule has 0 saturated heterocycles. The molecule has 0 aliphatic heterocycles. The van der Waals surface area contributed by atoms with Crippen LogP contribution in [0.15, 0.2) is 60.7 Å². The molecule has 148 valence electrons. The van der Waals surface area contributed by atoms with Crippen LogP contribution in [0.3, 0.4) is 0 Å². The van der Waals surface area contributed by atoms with Crippen molar-refractivity contribution >= 4 is 27.7 Å². The third-order valence-corrected chi connectivity index (χ3v) is 5.08. The summed E-state index contributed by atoms with van der Waals surface area (Å²) in [7, 11) is 1.68. The number of nitrogens with zero attached hydrogens (tertiary/aromatic N) is 1. The lowest BCUT2D eigenvalue weighted by Gasteiger charge is -2.11. The second-order valence-electron chi connectivity index (χ2n) is 7.02. The summed E-state index contributed by atoms with van der Waals surface area (Å²) in [5, 5.41) is 1.90. The fourth-order valence-corrected chi connectivity index (χ4v) is 3.90. The van der Waals surface area contributed by atoms with Crippen LogP contribution < -0.4 is 10.5 Å². The highest BCUT2D eigenvalue weighted by Gasteiger charge is 2.17. The van der Waals surface area contributed by atoms with E-state index in [1.807, 2.05) is 43.3 Å². The number of nitrogens with two attached hydrogens (primary N) is 1. The van der Waals surface area contributed by atoms with Crippen LogP contribution in [-0.4, -0.2) is 24.2 Å². The predicted octanol–water partition coefficient (Wildman–Crippen LogP) is 4.49. The molecule has 4 rings (SSSR count). The van der Waals surface area contributed by atoms with E-state index in [1.54, 1.807) is 13.2 Å². The number of hydrogen-bond acceptors (Lipinski definition) is 3. The molecule has 0 fully saturated rings. The highest BCUT2D eigenvalue weighted by Crippen LogP contribution is 2.33. The van der Waals surface area contributed by atoms with E-state index in [4.69, 9.17) is 15.2 Å². The van der Waals surface area contributed by atoms with E-state index in [9.17, 15) is 4.79 Å². The molecule has 0 aliphatic carbocycles. The van der Waals surface area contributed by atoms with Gasteiger partial charge in [-0.25, -0.2) is 0 Å². The normalized spacial score (nSPS) is 11.2. The Morgan fingerprint density at radius 3 is 2.59 bits per heavy atom. The first-order valence-corrected chi connectivity index (χ1v) is 9.66. The van der Waals surface area contributed by atoms with Crippen molar-refractivity contribution in [3.8, 4) is 5.75 Å². The van der Waals surface area contributed by atoms with E-state index < -0.39 is 5.91 Å². The van der Waals surface area contributed by atoms with Gasteiger partial charge in [0.25, 0.3) is 0 Å². The number of hydrogen-bond donors (Lipinski definition) is 1. The second-order valence-corrected chi connectivity index (χ2v) is 7.02. The van der Waals surface area contributed by atoms with Crippen LogP contribution >= 0.6 is 0 Å². The lowest BCUT2D eigenvalue weighted by atomic mass is 10.0. The quantitative estimate of drug-likeness (QED) is 0.507. The molecule has 3 aromatic carbocycles. The predicted molar refractivity (Wildman–Crippen MR) is 115 cm³/mol. The van der Waals surface area contributed by atoms with Crippen LogP contribution in [-0.2, 0) is 17.9 Å². The highest BCUT2D eigenvalue weighted by atomic mass is 16.5. The fraction of sp³-hybridized carbons (Fsp3) is 0.208. The molecule has 0 radical (unpaired) electrons. The Kier molecular flexibility index (Phi) is 5.23. The second kappa shape index (κ2) is 7.97. The number of primary amides is 1. The Labute approximate surface area is 169 Å². The van der Waals surface area contributed by atoms with Crippen molar-refractivity contribution in [3.63, 3.8) is 0 Å². The number of rotatable bonds is 7. The van der Waals surface area contributed by atoms with Gasteiger partial charge in [0.1, 0.15) is 5.75 Å². The summed E-state index contributed by atoms with van der Waals surface area (Å²) in [6.07, 6.45) is 0. The summed E-state index contributed by atoms with van der Waals surface area (Å²) < 4.78 is 13.2. The summed E-state index contributed by atoms with van der Waals surface area (Å²) in [6, 6.07) is 20.0. The standard InChI is InChI=1S/C24H24N2O3/c1-3-29-18-7-4-6-16(12-18)14-26-21-9-5-8-20(24(25)27)23(21)19-11-10-17(15-28-2)13-22(19)26/h4-13H,3,14-15H2,1-2H3,(H2,25,27). The minimum absolute atomic E-state index is 0.422. The molecule has 29 heavy (non-hydrogen) atoms. The molecule has 0 unspecified atom stereocenters. The SMILES string of the molecule is CCOc1cccc(Cn2c3cc(COC)ccc3c3c(C(N)=O)cccc32)c1. The Morgan fingerprint density at radius 2 is 1.83 bits per heavy atom. The van der Waals surface area contributed by atoms with Crippen LogP contribution in [0.1, 0.15) is 28.4 Å². The van der Waals surface area contributed by atoms with Gasteiger partial charge in [0, 0.05) is 35.5 Å². The van der Waals surface area contributed by atoms with Crippen molar-refractivity contribution in [2.24, 2.45) is 5.73 Å². The van der Waals surface area contributed by atoms with Gasteiger partial charge in [-0.05, 0) is 48.4 Å². The fourth-order valence-electron chi connectivity index (χ4n) is 3.90. The van der Waals surface area contributed by atoms with Gasteiger partial charge in [0.2, 0.25) is 5.91 Å². The van der Waals surface area contributed by atoms with E-state index in [1.165, 1.54) is 0 Å². The summed E-state index contributed by atoms with van der Waals surface area (Å²) >= 11 is 0. The van der Waals surface area contributed by atoms with Crippen molar-refractivity contribution in [3.05, 3.63) is 77.4 Å². The van der Waals surface area contributed by atoms with Gasteiger partial charge in [0.15, 0.2) is 0 Å². The molecule has 2 N–H and O–H groups in total. The number of amides is 1. The third-order valence-electron chi connectivity index (χ3n) is 5.08. The number of fused-ring (bicyclic) bond motifs is 3. The molecule has 1 aromatic heterocycles. The lowest BCUT2D eigenvalue weighted by Crippen LogP contribution is -2.11. The minimum Gasteiger partial charge on any atom is -0.494 e. The van der Waals surface area contributed by atoms with E-state index in [0.717, 1.165) is 38.7 Å². The van der Waals surface area contributed by atoms with E-state index in [-0.39, 0.29) is 0 Å². The maximum atomic E-state index is 12.1. The molecule has 0 bridgehead atoms. The van der Waals surface area contributed by atoms with E-state index in [2.05, 4.69) is 22.8 Å². The number of methoxy groups -OCH3 is 1. The monoisotopic (exact) mass is 388 g/mol. The molecule has 4 aromatic rings. The van der Waals surface area contributed by atoms with E-state index >= 15 is 0 Å². The number of ether oxygens (including phenoxy) is 2. The van der Waals surface area contributed by atoms with Crippen LogP contribution in [0, 0.1) is 0 Å². The maximum absolute atomic E-state index is 12.1. The lowest BCUT2D eigenvalue weighted by molar-refractivity contribution is 0.100. The summed E-state index contributed by atoms with van der Waals surface area (Å²) in [5.74, 6) is 0.428. The highest BCUT2D eigenvalue weighted by molar-refractivity contribution is 6.17. The molecule has 0 saturated carbocycles. The van der Waals surface area contributed by atoms with Crippen LogP contribution in [0.2, 0.25) is 0 Å². The van der Waals surface area contributed by atoms with Gasteiger partial charge in [-0.15, -0.1) is 0 Å². The summed E-state index contributed by atoms with van der Waals surface area (Å²) in [6.45, 7) is 3.78. The van der Waals surface area contributed by atoms with Gasteiger partial charge >= 0.3 is 0 Å². The molecule has 5 nitrogen and oxygen atoms in total. The zero-order valence-electron chi connectivity index (χ0n) is 16.6. The number of carbonyl (C=O) groups excluding carboxylic acids is 1. The van der Waals surface area contributed by atoms with E-state index in [0.29, 0.717) is 25.3 Å². The molecule has 0 aliphatic rings. The van der Waals surface area contributed by atoms with Crippen molar-refractivity contribution in [1.82, 2.24) is 4.57 Å². The average molecular weight is 388 g/mol. The third kappa shape index (κ3) is 3.57. The zero-order valence-corrected chi connectivity index (χ0v) is 16.6. The largest absolute Gasteiger partial charge is 0.494 e. The zero-order chi connectivity index (χ0) is 20.4. The first-order chi connectivity index (χ1) is 14.1. The molecular formula is C24H24N2O3. The van der Waals surface area contributed by atoms with Gasteiger partial charge in [-0.1, -0.05) is 30.3 Å². The van der Waals surface area contributed by atoms with Gasteiger partial charge in [0.05, 0.1) is 18.7 Å². The number of benzene rings is 3. The first kappa shape index (κ1) is 19.0. The molecule has 1 amide bonds. The number of aromatic nitrogens is 1. The van der Waals surface area contributed by atoms with Crippen LogP contribution in [0.5, 0.6) is 5.75 Å². The average Bonchev–Trinajstić information content (AvgIpc) is 3.02. The molecule has 1 heterocycles. The minimum atomic E-state index is -0.422. The topological polar surface area (TPSA) is 66.5 Å². The number of carbonyl (C=O) groups is 1. The molecular weight excluding hydrogens is 364 g/mol. The molecule has 0 atom stereocenters. The van der Waals surface area contributed by atoms with Crippen molar-refractivity contribution in [2.75, 3.05) is 13.7 Å². The summed E-state index contributed by atoms with van der Waals surface area (Å²) in [5.41, 5.74) is 10.4. The van der Waals surface area contributed by atoms with Crippen LogP contribution in [0.25, 0.3) is 21.8 Å². The Bertz CT molecular complexity index is 1190.